The third kappa shape index (κ3) is 40.6. The number of rotatable bonds is 44. The van der Waals surface area contributed by atoms with E-state index in [1.807, 2.05) is 0 Å². The van der Waals surface area contributed by atoms with Crippen molar-refractivity contribution in [1.29, 1.82) is 0 Å². The van der Waals surface area contributed by atoms with Gasteiger partial charge in [0.25, 0.3) is 0 Å². The van der Waals surface area contributed by atoms with Crippen molar-refractivity contribution in [3.8, 4) is 0 Å². The van der Waals surface area contributed by atoms with Gasteiger partial charge in [-0.15, -0.1) is 0 Å². The number of carbonyl (C=O) groups is 2. The number of aliphatic hydroxyl groups is 2. The van der Waals surface area contributed by atoms with E-state index in [0.29, 0.717) is 19.3 Å². The van der Waals surface area contributed by atoms with Gasteiger partial charge in [-0.1, -0.05) is 205 Å². The fourth-order valence-corrected chi connectivity index (χ4v) is 7.47. The summed E-state index contributed by atoms with van der Waals surface area (Å²) < 4.78 is 5.88. The minimum absolute atomic E-state index is 0.0645. The topological polar surface area (TPSA) is 95.9 Å². The molecule has 0 aliphatic rings. The van der Waals surface area contributed by atoms with E-state index < -0.39 is 18.2 Å². The van der Waals surface area contributed by atoms with E-state index in [-0.39, 0.29) is 24.9 Å². The molecule has 0 radical (unpaired) electrons. The van der Waals surface area contributed by atoms with Crippen molar-refractivity contribution < 1.29 is 24.5 Å². The summed E-state index contributed by atoms with van der Waals surface area (Å²) in [6.45, 7) is 6.31. The maximum Gasteiger partial charge on any atom is 0.306 e. The van der Waals surface area contributed by atoms with Crippen molar-refractivity contribution >= 4 is 11.9 Å². The van der Waals surface area contributed by atoms with Crippen LogP contribution in [0.15, 0.2) is 36.5 Å². The molecule has 6 heteroatoms. The van der Waals surface area contributed by atoms with Gasteiger partial charge in [0.2, 0.25) is 5.91 Å². The van der Waals surface area contributed by atoms with Crippen LogP contribution in [-0.2, 0) is 14.3 Å². The lowest BCUT2D eigenvalue weighted by molar-refractivity contribution is -0.151. The maximum absolute atomic E-state index is 13.1. The highest BCUT2D eigenvalue weighted by atomic mass is 16.5. The summed E-state index contributed by atoms with van der Waals surface area (Å²) in [7, 11) is 0. The average molecular weight is 802 g/mol. The number of carbonyl (C=O) groups excluding carboxylic acids is 2. The summed E-state index contributed by atoms with van der Waals surface area (Å²) in [5.74, 6) is -0.498. The molecule has 0 spiro atoms. The summed E-state index contributed by atoms with van der Waals surface area (Å²) in [6.07, 6.45) is 52.2. The molecule has 0 rings (SSSR count). The van der Waals surface area contributed by atoms with Gasteiger partial charge in [0.15, 0.2) is 0 Å². The third-order valence-corrected chi connectivity index (χ3v) is 11.2. The number of ether oxygens (including phenoxy) is 1. The maximum atomic E-state index is 13.1. The van der Waals surface area contributed by atoms with Crippen LogP contribution in [0.5, 0.6) is 0 Å². The Balaban J connectivity index is 4.41. The van der Waals surface area contributed by atoms with Crippen molar-refractivity contribution in [1.82, 2.24) is 5.32 Å². The molecule has 3 atom stereocenters. The van der Waals surface area contributed by atoms with Crippen LogP contribution in [0, 0.1) is 0 Å². The molecule has 0 saturated heterocycles. The Morgan fingerprint density at radius 3 is 1.53 bits per heavy atom. The molecule has 0 aromatic rings. The highest BCUT2D eigenvalue weighted by molar-refractivity contribution is 5.77. The zero-order valence-corrected chi connectivity index (χ0v) is 38.0. The first-order valence-corrected chi connectivity index (χ1v) is 24.7. The minimum Gasteiger partial charge on any atom is -0.462 e. The van der Waals surface area contributed by atoms with Crippen molar-refractivity contribution in [3.63, 3.8) is 0 Å². The number of amides is 1. The smallest absolute Gasteiger partial charge is 0.306 e. The summed E-state index contributed by atoms with van der Waals surface area (Å²) in [4.78, 5) is 26.0. The van der Waals surface area contributed by atoms with Gasteiger partial charge in [-0.05, 0) is 70.6 Å². The van der Waals surface area contributed by atoms with Crippen LogP contribution in [0.1, 0.15) is 252 Å². The van der Waals surface area contributed by atoms with Crippen LogP contribution in [0.3, 0.4) is 0 Å². The number of nitrogens with one attached hydrogen (secondary N) is 1. The Labute approximate surface area is 353 Å². The quantitative estimate of drug-likeness (QED) is 0.0324. The highest BCUT2D eigenvalue weighted by Crippen LogP contribution is 2.18. The van der Waals surface area contributed by atoms with Gasteiger partial charge < -0.3 is 20.3 Å². The van der Waals surface area contributed by atoms with Crippen LogP contribution in [0.25, 0.3) is 0 Å². The van der Waals surface area contributed by atoms with Gasteiger partial charge in [0, 0.05) is 6.42 Å². The van der Waals surface area contributed by atoms with Gasteiger partial charge in [-0.2, -0.15) is 0 Å². The fourth-order valence-electron chi connectivity index (χ4n) is 7.47. The number of allylic oxidation sites excluding steroid dienone is 6. The first-order chi connectivity index (χ1) is 28.0. The number of hydrogen-bond donors (Lipinski definition) is 3. The third-order valence-electron chi connectivity index (χ3n) is 11.2. The van der Waals surface area contributed by atoms with Crippen LogP contribution < -0.4 is 5.32 Å². The number of esters is 1. The molecule has 0 fully saturated rings. The molecule has 0 aromatic carbocycles. The lowest BCUT2D eigenvalue weighted by Gasteiger charge is -2.24. The Morgan fingerprint density at radius 1 is 0.526 bits per heavy atom. The fraction of sp³-hybridized carbons (Fsp3) is 0.843. The molecule has 334 valence electrons. The van der Waals surface area contributed by atoms with E-state index in [0.717, 1.165) is 89.9 Å². The normalized spacial score (nSPS) is 13.6. The largest absolute Gasteiger partial charge is 0.462 e. The zero-order chi connectivity index (χ0) is 41.7. The van der Waals surface area contributed by atoms with Gasteiger partial charge in [0.1, 0.15) is 6.10 Å². The molecule has 6 nitrogen and oxygen atoms in total. The van der Waals surface area contributed by atoms with E-state index in [1.165, 1.54) is 116 Å². The predicted molar refractivity (Wildman–Crippen MR) is 246 cm³/mol. The average Bonchev–Trinajstić information content (AvgIpc) is 3.20. The van der Waals surface area contributed by atoms with E-state index in [2.05, 4.69) is 62.5 Å². The first kappa shape index (κ1) is 55.1. The highest BCUT2D eigenvalue weighted by Gasteiger charge is 2.24. The molecule has 3 unspecified atom stereocenters. The Morgan fingerprint density at radius 2 is 0.982 bits per heavy atom. The standard InChI is InChI=1S/C51H95NO5/c1-4-7-10-13-16-19-21-23-25-26-27-29-31-34-37-40-43-49(54)48(46-53)52-50(55)45-47(42-39-36-33-18-15-12-9-6-3)57-51(56)44-41-38-35-32-30-28-24-22-20-17-14-11-8-5-2/h8,11-12,15,17,20,47-49,53-54H,4-7,9-10,13-14,16,18-19,21-46H2,1-3H3,(H,52,55)/b11-8+,15-12-,20-17+. The Kier molecular flexibility index (Phi) is 43.6. The molecular formula is C51H95NO5. The van der Waals surface area contributed by atoms with Crippen molar-refractivity contribution in [3.05, 3.63) is 36.5 Å². The molecule has 0 heterocycles. The van der Waals surface area contributed by atoms with Crippen LogP contribution in [0.2, 0.25) is 0 Å². The monoisotopic (exact) mass is 802 g/mol. The Bertz CT molecular complexity index is 946. The van der Waals surface area contributed by atoms with Gasteiger partial charge in [0.05, 0.1) is 25.2 Å². The number of unbranched alkanes of at least 4 members (excludes halogenated alkanes) is 26. The molecule has 0 bridgehead atoms. The van der Waals surface area contributed by atoms with E-state index in [9.17, 15) is 19.8 Å². The molecule has 1 amide bonds. The van der Waals surface area contributed by atoms with Crippen molar-refractivity contribution in [2.75, 3.05) is 6.61 Å². The molecular weight excluding hydrogens is 707 g/mol. The second-order valence-corrected chi connectivity index (χ2v) is 16.8. The van der Waals surface area contributed by atoms with Crippen molar-refractivity contribution in [2.24, 2.45) is 0 Å². The van der Waals surface area contributed by atoms with Crippen molar-refractivity contribution in [2.45, 2.75) is 270 Å². The van der Waals surface area contributed by atoms with E-state index in [1.54, 1.807) is 0 Å². The zero-order valence-electron chi connectivity index (χ0n) is 38.0. The van der Waals surface area contributed by atoms with Gasteiger partial charge in [-0.25, -0.2) is 0 Å². The lowest BCUT2D eigenvalue weighted by atomic mass is 10.0. The van der Waals surface area contributed by atoms with Crippen LogP contribution in [-0.4, -0.2) is 46.9 Å². The number of hydrogen-bond acceptors (Lipinski definition) is 5. The van der Waals surface area contributed by atoms with E-state index in [4.69, 9.17) is 4.74 Å². The molecule has 0 saturated carbocycles. The second kappa shape index (κ2) is 45.2. The summed E-state index contributed by atoms with van der Waals surface area (Å²) in [6, 6.07) is -0.704. The molecule has 0 aromatic heterocycles. The first-order valence-electron chi connectivity index (χ1n) is 24.7. The van der Waals surface area contributed by atoms with E-state index >= 15 is 0 Å². The summed E-state index contributed by atoms with van der Waals surface area (Å²) >= 11 is 0. The van der Waals surface area contributed by atoms with Gasteiger partial charge in [-0.3, -0.25) is 9.59 Å². The van der Waals surface area contributed by atoms with Crippen LogP contribution >= 0.6 is 0 Å². The SMILES string of the molecule is CC/C=C/C/C=C/CCCCCCCCCC(=O)OC(CCCCC/C=C\CCC)CC(=O)NC(CO)C(O)CCCCCCCCCCCCCCCCCC. The van der Waals surface area contributed by atoms with Crippen LogP contribution in [0.4, 0.5) is 0 Å². The molecule has 57 heavy (non-hydrogen) atoms. The molecule has 0 aliphatic carbocycles. The predicted octanol–water partition coefficient (Wildman–Crippen LogP) is 14.5. The Hall–Kier alpha value is -1.92. The van der Waals surface area contributed by atoms with Gasteiger partial charge >= 0.3 is 5.97 Å². The minimum atomic E-state index is -0.790. The lowest BCUT2D eigenvalue weighted by Crippen LogP contribution is -2.46. The summed E-state index contributed by atoms with van der Waals surface area (Å²) in [5, 5.41) is 23.7. The number of aliphatic hydroxyl groups excluding tert-OH is 2. The molecule has 3 N–H and O–H groups in total. The molecule has 0 aliphatic heterocycles. The second-order valence-electron chi connectivity index (χ2n) is 16.8. The summed E-state index contributed by atoms with van der Waals surface area (Å²) in [5.41, 5.74) is 0.